The fraction of sp³-hybridized carbons (Fsp3) is 1.00. The Labute approximate surface area is 84.0 Å². The monoisotopic (exact) mass is 288 g/mol. The van der Waals surface area contributed by atoms with E-state index in [0.29, 0.717) is 15.0 Å². The number of halogens is 3. The highest BCUT2D eigenvalue weighted by atomic mass is 79.9. The highest BCUT2D eigenvalue weighted by Gasteiger charge is 2.25. The molecule has 1 rings (SSSR count). The van der Waals surface area contributed by atoms with Gasteiger partial charge in [-0.3, -0.25) is 0 Å². The van der Waals surface area contributed by atoms with Crippen LogP contribution in [0, 0.1) is 0 Å². The Balaban J connectivity index is 2.46. The van der Waals surface area contributed by atoms with E-state index in [9.17, 15) is 0 Å². The van der Waals surface area contributed by atoms with Crippen LogP contribution in [0.2, 0.25) is 0 Å². The maximum atomic E-state index is 6.09. The summed E-state index contributed by atoms with van der Waals surface area (Å²) < 4.78 is 0. The fourth-order valence-corrected chi connectivity index (χ4v) is 2.95. The second-order valence-corrected chi connectivity index (χ2v) is 5.55. The number of hydrogen-bond donors (Lipinski definition) is 0. The van der Waals surface area contributed by atoms with Gasteiger partial charge >= 0.3 is 0 Å². The van der Waals surface area contributed by atoms with Crippen LogP contribution in [0.1, 0.15) is 25.7 Å². The summed E-state index contributed by atoms with van der Waals surface area (Å²) in [5.41, 5.74) is 0. The second kappa shape index (κ2) is 4.32. The van der Waals surface area contributed by atoms with Gasteiger partial charge in [-0.25, -0.2) is 0 Å². The maximum Gasteiger partial charge on any atom is 0.0472 e. The molecule has 3 unspecified atom stereocenters. The van der Waals surface area contributed by atoms with Crippen molar-refractivity contribution in [2.75, 3.05) is 0 Å². The molecule has 0 aromatic carbocycles. The van der Waals surface area contributed by atoms with Crippen molar-refractivity contribution in [1.29, 1.82) is 0 Å². The Kier molecular flexibility index (Phi) is 4.03. The van der Waals surface area contributed by atoms with E-state index in [4.69, 9.17) is 11.6 Å². The minimum atomic E-state index is 0.312. The van der Waals surface area contributed by atoms with Gasteiger partial charge in [-0.05, 0) is 12.8 Å². The molecule has 0 bridgehead atoms. The van der Waals surface area contributed by atoms with E-state index >= 15 is 0 Å². The van der Waals surface area contributed by atoms with E-state index < -0.39 is 0 Å². The lowest BCUT2D eigenvalue weighted by Crippen LogP contribution is -2.21. The average molecular weight is 290 g/mol. The van der Waals surface area contributed by atoms with Crippen LogP contribution in [-0.4, -0.2) is 15.0 Å². The van der Waals surface area contributed by atoms with Crippen molar-refractivity contribution in [3.8, 4) is 0 Å². The summed E-state index contributed by atoms with van der Waals surface area (Å²) >= 11 is 13.3. The third-order valence-electron chi connectivity index (χ3n) is 1.90. The summed E-state index contributed by atoms with van der Waals surface area (Å²) in [4.78, 5) is 1.02. The fourth-order valence-electron chi connectivity index (χ4n) is 1.22. The number of hydrogen-bond acceptors (Lipinski definition) is 0. The highest BCUT2D eigenvalue weighted by molar-refractivity contribution is 9.12. The Morgan fingerprint density at radius 1 is 1.10 bits per heavy atom. The molecule has 3 atom stereocenters. The molecule has 10 heavy (non-hydrogen) atoms. The summed E-state index contributed by atoms with van der Waals surface area (Å²) in [6.07, 6.45) is 4.98. The summed E-state index contributed by atoms with van der Waals surface area (Å²) in [5.74, 6) is 0. The van der Waals surface area contributed by atoms with Crippen LogP contribution in [0.15, 0.2) is 0 Å². The molecule has 0 aliphatic heterocycles. The largest absolute Gasteiger partial charge is 0.122 e. The molecule has 0 aromatic heterocycles. The molecule has 1 saturated carbocycles. The normalized spacial score (nSPS) is 42.9. The molecule has 60 valence electrons. The van der Waals surface area contributed by atoms with Gasteiger partial charge in [-0.2, -0.15) is 0 Å². The first kappa shape index (κ1) is 9.34. The lowest BCUT2D eigenvalue weighted by atomic mass is 10.2. The van der Waals surface area contributed by atoms with Crippen LogP contribution in [0.5, 0.6) is 0 Å². The maximum absolute atomic E-state index is 6.09. The standard InChI is InChI=1S/C7H11Br2Cl/c8-5-3-1-2-4-6(10)7(5)9/h5-7H,1-4H2. The lowest BCUT2D eigenvalue weighted by molar-refractivity contribution is 0.708. The molecular weight excluding hydrogens is 279 g/mol. The summed E-state index contributed by atoms with van der Waals surface area (Å²) in [5, 5.41) is 0.312. The number of alkyl halides is 3. The lowest BCUT2D eigenvalue weighted by Gasteiger charge is -2.16. The van der Waals surface area contributed by atoms with Crippen molar-refractivity contribution in [2.24, 2.45) is 0 Å². The van der Waals surface area contributed by atoms with Gasteiger partial charge in [0.2, 0.25) is 0 Å². The quantitative estimate of drug-likeness (QED) is 0.471. The van der Waals surface area contributed by atoms with Gasteiger partial charge in [0.1, 0.15) is 0 Å². The molecule has 0 aromatic rings. The molecule has 1 aliphatic carbocycles. The van der Waals surface area contributed by atoms with Crippen LogP contribution < -0.4 is 0 Å². The van der Waals surface area contributed by atoms with Crippen LogP contribution in [-0.2, 0) is 0 Å². The van der Waals surface area contributed by atoms with Crippen molar-refractivity contribution in [3.05, 3.63) is 0 Å². The zero-order valence-corrected chi connectivity index (χ0v) is 9.62. The Morgan fingerprint density at radius 3 is 2.40 bits per heavy atom. The van der Waals surface area contributed by atoms with E-state index in [2.05, 4.69) is 31.9 Å². The molecule has 1 aliphatic rings. The Morgan fingerprint density at radius 2 is 1.70 bits per heavy atom. The Bertz CT molecular complexity index is 95.8. The molecule has 1 fully saturated rings. The first-order valence-corrected chi connectivity index (χ1v) is 5.91. The van der Waals surface area contributed by atoms with E-state index in [-0.39, 0.29) is 0 Å². The summed E-state index contributed by atoms with van der Waals surface area (Å²) in [7, 11) is 0. The molecule has 0 radical (unpaired) electrons. The third-order valence-corrected chi connectivity index (χ3v) is 5.71. The van der Waals surface area contributed by atoms with Gasteiger partial charge in [0.15, 0.2) is 0 Å². The van der Waals surface area contributed by atoms with E-state index in [1.54, 1.807) is 0 Å². The molecule has 0 N–H and O–H groups in total. The molecule has 0 nitrogen and oxygen atoms in total. The average Bonchev–Trinajstić information content (AvgIpc) is 2.04. The molecule has 0 heterocycles. The van der Waals surface area contributed by atoms with E-state index in [1.165, 1.54) is 19.3 Å². The van der Waals surface area contributed by atoms with Gasteiger partial charge < -0.3 is 0 Å². The van der Waals surface area contributed by atoms with Gasteiger partial charge in [0, 0.05) is 15.0 Å². The summed E-state index contributed by atoms with van der Waals surface area (Å²) in [6, 6.07) is 0. The van der Waals surface area contributed by atoms with Crippen LogP contribution >= 0.6 is 43.5 Å². The predicted molar refractivity (Wildman–Crippen MR) is 53.5 cm³/mol. The van der Waals surface area contributed by atoms with Crippen molar-refractivity contribution in [1.82, 2.24) is 0 Å². The minimum absolute atomic E-state index is 0.312. The Hall–Kier alpha value is 1.25. The predicted octanol–water partition coefficient (Wildman–Crippen LogP) is 3.69. The van der Waals surface area contributed by atoms with Gasteiger partial charge in [0.05, 0.1) is 0 Å². The minimum Gasteiger partial charge on any atom is -0.122 e. The summed E-state index contributed by atoms with van der Waals surface area (Å²) in [6.45, 7) is 0. The molecular formula is C7H11Br2Cl. The number of rotatable bonds is 0. The third kappa shape index (κ3) is 2.38. The van der Waals surface area contributed by atoms with Gasteiger partial charge in [0.25, 0.3) is 0 Å². The van der Waals surface area contributed by atoms with Crippen molar-refractivity contribution < 1.29 is 0 Å². The molecule has 0 saturated heterocycles. The smallest absolute Gasteiger partial charge is 0.0472 e. The van der Waals surface area contributed by atoms with E-state index in [0.717, 1.165) is 6.42 Å². The van der Waals surface area contributed by atoms with Crippen molar-refractivity contribution in [3.63, 3.8) is 0 Å². The van der Waals surface area contributed by atoms with Crippen LogP contribution in [0.4, 0.5) is 0 Å². The zero-order valence-electron chi connectivity index (χ0n) is 5.69. The van der Waals surface area contributed by atoms with Crippen LogP contribution in [0.3, 0.4) is 0 Å². The van der Waals surface area contributed by atoms with Crippen molar-refractivity contribution in [2.45, 2.75) is 40.7 Å². The molecule has 0 spiro atoms. The van der Waals surface area contributed by atoms with E-state index in [1.807, 2.05) is 0 Å². The first-order valence-electron chi connectivity index (χ1n) is 3.64. The van der Waals surface area contributed by atoms with Gasteiger partial charge in [-0.1, -0.05) is 44.7 Å². The van der Waals surface area contributed by atoms with Gasteiger partial charge in [-0.15, -0.1) is 11.6 Å². The zero-order chi connectivity index (χ0) is 7.56. The SMILES string of the molecule is ClC1CCCCC(Br)C1Br. The first-order chi connectivity index (χ1) is 4.72. The topological polar surface area (TPSA) is 0 Å². The highest BCUT2D eigenvalue weighted by Crippen LogP contribution is 2.31. The van der Waals surface area contributed by atoms with Crippen molar-refractivity contribution >= 4 is 43.5 Å². The van der Waals surface area contributed by atoms with Crippen LogP contribution in [0.25, 0.3) is 0 Å². The molecule has 3 heteroatoms. The molecule has 0 amide bonds. The second-order valence-electron chi connectivity index (χ2n) is 2.76.